The van der Waals surface area contributed by atoms with Gasteiger partial charge in [-0.2, -0.15) is 13.2 Å². The summed E-state index contributed by atoms with van der Waals surface area (Å²) in [5.41, 5.74) is -2.32. The molecule has 0 bridgehead atoms. The second-order valence-corrected chi connectivity index (χ2v) is 4.89. The van der Waals surface area contributed by atoms with Crippen molar-refractivity contribution < 1.29 is 27.4 Å². The minimum absolute atomic E-state index is 0.0100. The maximum Gasteiger partial charge on any atom is 0.433 e. The van der Waals surface area contributed by atoms with Gasteiger partial charge in [0.05, 0.1) is 24.0 Å². The molecule has 1 aliphatic heterocycles. The van der Waals surface area contributed by atoms with Gasteiger partial charge < -0.3 is 9.47 Å². The van der Waals surface area contributed by atoms with Gasteiger partial charge in [-0.15, -0.1) is 11.3 Å². The van der Waals surface area contributed by atoms with Crippen molar-refractivity contribution in [1.29, 1.82) is 0 Å². The first-order chi connectivity index (χ1) is 8.89. The van der Waals surface area contributed by atoms with Gasteiger partial charge in [0, 0.05) is 0 Å². The average Bonchev–Trinajstić information content (AvgIpc) is 2.74. The third kappa shape index (κ3) is 2.47. The fourth-order valence-corrected chi connectivity index (χ4v) is 2.68. The van der Waals surface area contributed by atoms with Crippen LogP contribution in [0.5, 0.6) is 0 Å². The zero-order chi connectivity index (χ0) is 14.1. The summed E-state index contributed by atoms with van der Waals surface area (Å²) in [5, 5.41) is 1.55. The molecule has 1 unspecified atom stereocenters. The molecule has 0 aliphatic carbocycles. The van der Waals surface area contributed by atoms with Gasteiger partial charge in [-0.05, 0) is 18.4 Å². The van der Waals surface area contributed by atoms with Crippen molar-refractivity contribution in [2.45, 2.75) is 25.1 Å². The maximum atomic E-state index is 13.1. The van der Waals surface area contributed by atoms with E-state index in [4.69, 9.17) is 4.74 Å². The molecule has 0 aromatic carbocycles. The van der Waals surface area contributed by atoms with Crippen molar-refractivity contribution in [3.05, 3.63) is 34.2 Å². The van der Waals surface area contributed by atoms with E-state index in [0.717, 1.165) is 17.4 Å². The van der Waals surface area contributed by atoms with Crippen LogP contribution >= 0.6 is 11.3 Å². The van der Waals surface area contributed by atoms with Gasteiger partial charge in [0.1, 0.15) is 5.76 Å². The number of hydrogen-bond acceptors (Lipinski definition) is 4. The molecule has 1 aromatic rings. The molecule has 1 aromatic heterocycles. The number of ether oxygens (including phenoxy) is 2. The SMILES string of the molecule is CCOC(=O)/C=C1\CC(c2cccs2)(C(F)(F)F)O1. The molecule has 0 spiro atoms. The van der Waals surface area contributed by atoms with E-state index in [0.29, 0.717) is 0 Å². The maximum absolute atomic E-state index is 13.1. The summed E-state index contributed by atoms with van der Waals surface area (Å²) in [6.45, 7) is 1.78. The van der Waals surface area contributed by atoms with Gasteiger partial charge in [-0.3, -0.25) is 0 Å². The molecule has 0 amide bonds. The normalized spacial score (nSPS) is 24.7. The fourth-order valence-electron chi connectivity index (χ4n) is 1.80. The number of carbonyl (C=O) groups excluding carboxylic acids is 1. The highest BCUT2D eigenvalue weighted by atomic mass is 32.1. The van der Waals surface area contributed by atoms with E-state index in [1.54, 1.807) is 12.3 Å². The standard InChI is InChI=1S/C12H11F3O3S/c1-2-17-10(16)6-8-7-11(18-8,12(13,14)15)9-4-3-5-19-9/h3-6H,2,7H2,1H3/b8-6+. The number of alkyl halides is 3. The molecule has 1 fully saturated rings. The number of thiophene rings is 1. The summed E-state index contributed by atoms with van der Waals surface area (Å²) in [4.78, 5) is 11.2. The second-order valence-electron chi connectivity index (χ2n) is 3.94. The van der Waals surface area contributed by atoms with E-state index >= 15 is 0 Å². The third-order valence-corrected chi connectivity index (χ3v) is 3.68. The van der Waals surface area contributed by atoms with Crippen LogP contribution in [0.4, 0.5) is 13.2 Å². The Hall–Kier alpha value is -1.50. The van der Waals surface area contributed by atoms with Crippen LogP contribution in [0.3, 0.4) is 0 Å². The van der Waals surface area contributed by atoms with Gasteiger partial charge in [-0.25, -0.2) is 4.79 Å². The van der Waals surface area contributed by atoms with E-state index in [1.807, 2.05) is 0 Å². The van der Waals surface area contributed by atoms with Gasteiger partial charge in [0.15, 0.2) is 0 Å². The highest BCUT2D eigenvalue weighted by molar-refractivity contribution is 7.10. The Labute approximate surface area is 111 Å². The summed E-state index contributed by atoms with van der Waals surface area (Å²) in [7, 11) is 0. The minimum atomic E-state index is -4.52. The van der Waals surface area contributed by atoms with Gasteiger partial charge in [0.2, 0.25) is 5.60 Å². The highest BCUT2D eigenvalue weighted by Crippen LogP contribution is 2.55. The van der Waals surface area contributed by atoms with Crippen LogP contribution < -0.4 is 0 Å². The summed E-state index contributed by atoms with van der Waals surface area (Å²) >= 11 is 0.975. The fraction of sp³-hybridized carbons (Fsp3) is 0.417. The Kier molecular flexibility index (Phi) is 3.58. The monoisotopic (exact) mass is 292 g/mol. The lowest BCUT2D eigenvalue weighted by Gasteiger charge is -2.44. The van der Waals surface area contributed by atoms with Crippen LogP contribution in [0.15, 0.2) is 29.3 Å². The Bertz CT molecular complexity index is 483. The Balaban J connectivity index is 2.18. The number of hydrogen-bond donors (Lipinski definition) is 0. The van der Waals surface area contributed by atoms with Gasteiger partial charge >= 0.3 is 12.1 Å². The third-order valence-electron chi connectivity index (χ3n) is 2.67. The largest absolute Gasteiger partial charge is 0.476 e. The molecule has 1 atom stereocenters. The molecule has 19 heavy (non-hydrogen) atoms. The Morgan fingerprint density at radius 3 is 2.79 bits per heavy atom. The van der Waals surface area contributed by atoms with Crippen LogP contribution in [0.1, 0.15) is 18.2 Å². The minimum Gasteiger partial charge on any atom is -0.476 e. The molecule has 1 saturated heterocycles. The average molecular weight is 292 g/mol. The molecular weight excluding hydrogens is 281 g/mol. The van der Waals surface area contributed by atoms with Crippen molar-refractivity contribution >= 4 is 17.3 Å². The van der Waals surface area contributed by atoms with Crippen molar-refractivity contribution in [3.63, 3.8) is 0 Å². The lowest BCUT2D eigenvalue weighted by molar-refractivity contribution is -0.307. The number of rotatable bonds is 3. The molecule has 0 saturated carbocycles. The molecule has 2 rings (SSSR count). The van der Waals surface area contributed by atoms with Gasteiger partial charge in [-0.1, -0.05) is 6.07 Å². The first-order valence-electron chi connectivity index (χ1n) is 5.56. The summed E-state index contributed by atoms with van der Waals surface area (Å²) in [6.07, 6.45) is -3.94. The van der Waals surface area contributed by atoms with Crippen LogP contribution in [0, 0.1) is 0 Å². The number of carbonyl (C=O) groups is 1. The highest BCUT2D eigenvalue weighted by Gasteiger charge is 2.65. The summed E-state index contributed by atoms with van der Waals surface area (Å²) in [6, 6.07) is 2.91. The second kappa shape index (κ2) is 4.88. The topological polar surface area (TPSA) is 35.5 Å². The molecule has 0 radical (unpaired) electrons. The molecular formula is C12H11F3O3S. The summed E-state index contributed by atoms with van der Waals surface area (Å²) < 4.78 is 48.9. The molecule has 1 aliphatic rings. The van der Waals surface area contributed by atoms with E-state index < -0.39 is 17.7 Å². The zero-order valence-electron chi connectivity index (χ0n) is 9.99. The van der Waals surface area contributed by atoms with E-state index in [-0.39, 0.29) is 23.7 Å². The number of halogens is 3. The predicted octanol–water partition coefficient (Wildman–Crippen LogP) is 3.37. The summed E-state index contributed by atoms with van der Waals surface area (Å²) in [5.74, 6) is -0.705. The molecule has 104 valence electrons. The zero-order valence-corrected chi connectivity index (χ0v) is 10.8. The first-order valence-corrected chi connectivity index (χ1v) is 6.44. The van der Waals surface area contributed by atoms with E-state index in [1.165, 1.54) is 12.1 Å². The van der Waals surface area contributed by atoms with Crippen LogP contribution in [-0.2, 0) is 19.9 Å². The number of esters is 1. The van der Waals surface area contributed by atoms with Crippen molar-refractivity contribution in [1.82, 2.24) is 0 Å². The van der Waals surface area contributed by atoms with Gasteiger partial charge in [0.25, 0.3) is 0 Å². The van der Waals surface area contributed by atoms with E-state index in [2.05, 4.69) is 4.74 Å². The molecule has 2 heterocycles. The van der Waals surface area contributed by atoms with Crippen LogP contribution in [-0.4, -0.2) is 18.8 Å². The molecule has 3 nitrogen and oxygen atoms in total. The lowest BCUT2D eigenvalue weighted by Crippen LogP contribution is -2.51. The smallest absolute Gasteiger partial charge is 0.433 e. The quantitative estimate of drug-likeness (QED) is 0.633. The van der Waals surface area contributed by atoms with E-state index in [9.17, 15) is 18.0 Å². The van der Waals surface area contributed by atoms with Crippen LogP contribution in [0.2, 0.25) is 0 Å². The Morgan fingerprint density at radius 2 is 2.32 bits per heavy atom. The lowest BCUT2D eigenvalue weighted by atomic mass is 9.89. The molecule has 7 heteroatoms. The van der Waals surface area contributed by atoms with Crippen LogP contribution in [0.25, 0.3) is 0 Å². The Morgan fingerprint density at radius 1 is 1.63 bits per heavy atom. The molecule has 0 N–H and O–H groups in total. The van der Waals surface area contributed by atoms with Crippen molar-refractivity contribution in [2.24, 2.45) is 0 Å². The predicted molar refractivity (Wildman–Crippen MR) is 62.5 cm³/mol. The van der Waals surface area contributed by atoms with Crippen molar-refractivity contribution in [3.8, 4) is 0 Å². The first kappa shape index (κ1) is 13.9. The van der Waals surface area contributed by atoms with Crippen molar-refractivity contribution in [2.75, 3.05) is 6.61 Å².